The number of benzene rings is 2. The van der Waals surface area contributed by atoms with Crippen molar-refractivity contribution in [3.05, 3.63) is 63.7 Å². The van der Waals surface area contributed by atoms with Gasteiger partial charge in [-0.1, -0.05) is 12.2 Å². The maximum Gasteiger partial charge on any atom is 0.269 e. The van der Waals surface area contributed by atoms with E-state index in [2.05, 4.69) is 0 Å². The number of hydrogen-bond donors (Lipinski definition) is 0. The van der Waals surface area contributed by atoms with Gasteiger partial charge in [-0.05, 0) is 24.1 Å². The molecule has 0 heterocycles. The zero-order chi connectivity index (χ0) is 17.5. The fourth-order valence-electron chi connectivity index (χ4n) is 2.30. The van der Waals surface area contributed by atoms with Gasteiger partial charge in [0.25, 0.3) is 5.69 Å². The van der Waals surface area contributed by atoms with Crippen LogP contribution in [0.5, 0.6) is 17.2 Å². The molecule has 0 aliphatic carbocycles. The molecular weight excluding hydrogens is 310 g/mol. The Balaban J connectivity index is 2.20. The summed E-state index contributed by atoms with van der Waals surface area (Å²) in [7, 11) is 4.78. The highest BCUT2D eigenvalue weighted by molar-refractivity contribution is 5.55. The van der Waals surface area contributed by atoms with E-state index >= 15 is 0 Å². The van der Waals surface area contributed by atoms with E-state index in [9.17, 15) is 10.1 Å². The Morgan fingerprint density at radius 3 is 2.04 bits per heavy atom. The van der Waals surface area contributed by atoms with Crippen LogP contribution in [0, 0.1) is 10.1 Å². The Morgan fingerprint density at radius 1 is 1.00 bits per heavy atom. The summed E-state index contributed by atoms with van der Waals surface area (Å²) in [6, 6.07) is 9.98. The summed E-state index contributed by atoms with van der Waals surface area (Å²) in [5, 5.41) is 10.7. The fourth-order valence-corrected chi connectivity index (χ4v) is 2.30. The summed E-state index contributed by atoms with van der Waals surface area (Å²) >= 11 is 0. The Bertz CT molecular complexity index is 713. The first-order valence-electron chi connectivity index (χ1n) is 7.29. The van der Waals surface area contributed by atoms with E-state index in [1.54, 1.807) is 45.6 Å². The zero-order valence-electron chi connectivity index (χ0n) is 13.8. The number of nitro groups is 1. The van der Waals surface area contributed by atoms with Crippen molar-refractivity contribution in [1.82, 2.24) is 0 Å². The summed E-state index contributed by atoms with van der Waals surface area (Å²) in [4.78, 5) is 10.2. The molecular formula is C18H19NO5. The third-order valence-electron chi connectivity index (χ3n) is 3.55. The number of hydrogen-bond acceptors (Lipinski definition) is 5. The molecule has 6 nitrogen and oxygen atoms in total. The Morgan fingerprint density at radius 2 is 1.58 bits per heavy atom. The van der Waals surface area contributed by atoms with Crippen LogP contribution in [0.4, 0.5) is 5.69 Å². The molecule has 0 saturated heterocycles. The van der Waals surface area contributed by atoms with Gasteiger partial charge in [-0.15, -0.1) is 0 Å². The number of nitrogens with zero attached hydrogens (tertiary/aromatic N) is 1. The van der Waals surface area contributed by atoms with E-state index in [4.69, 9.17) is 14.2 Å². The van der Waals surface area contributed by atoms with E-state index < -0.39 is 4.92 Å². The summed E-state index contributed by atoms with van der Waals surface area (Å²) in [6.07, 6.45) is 4.44. The lowest BCUT2D eigenvalue weighted by molar-refractivity contribution is -0.384. The van der Waals surface area contributed by atoms with Crippen molar-refractivity contribution in [3.8, 4) is 17.2 Å². The van der Waals surface area contributed by atoms with Gasteiger partial charge in [-0.3, -0.25) is 10.1 Å². The van der Waals surface area contributed by atoms with Crippen LogP contribution in [-0.2, 0) is 6.42 Å². The number of allylic oxidation sites excluding steroid dienone is 1. The number of nitro benzene ring substituents is 1. The topological polar surface area (TPSA) is 70.8 Å². The first-order chi connectivity index (χ1) is 11.6. The lowest BCUT2D eigenvalue weighted by Gasteiger charge is -2.13. The van der Waals surface area contributed by atoms with Gasteiger partial charge in [0.05, 0.1) is 26.3 Å². The number of non-ortho nitro benzene ring substituents is 1. The molecule has 0 spiro atoms. The normalized spacial score (nSPS) is 10.6. The van der Waals surface area contributed by atoms with E-state index in [1.807, 2.05) is 12.2 Å². The minimum absolute atomic E-state index is 0.0747. The highest BCUT2D eigenvalue weighted by atomic mass is 16.6. The van der Waals surface area contributed by atoms with Crippen molar-refractivity contribution in [2.45, 2.75) is 6.42 Å². The van der Waals surface area contributed by atoms with Gasteiger partial charge in [0.15, 0.2) is 0 Å². The lowest BCUT2D eigenvalue weighted by atomic mass is 10.1. The quantitative estimate of drug-likeness (QED) is 0.569. The van der Waals surface area contributed by atoms with Crippen molar-refractivity contribution in [2.24, 2.45) is 0 Å². The first-order valence-corrected chi connectivity index (χ1v) is 7.29. The van der Waals surface area contributed by atoms with Crippen LogP contribution in [0.15, 0.2) is 42.5 Å². The average molecular weight is 329 g/mol. The van der Waals surface area contributed by atoms with Crippen molar-refractivity contribution >= 4 is 11.8 Å². The lowest BCUT2D eigenvalue weighted by Crippen LogP contribution is -1.97. The second kappa shape index (κ2) is 8.01. The van der Waals surface area contributed by atoms with E-state index in [1.165, 1.54) is 12.1 Å². The van der Waals surface area contributed by atoms with Gasteiger partial charge in [-0.25, -0.2) is 0 Å². The van der Waals surface area contributed by atoms with Gasteiger partial charge < -0.3 is 14.2 Å². The Kier molecular flexibility index (Phi) is 5.78. The smallest absolute Gasteiger partial charge is 0.269 e. The third-order valence-corrected chi connectivity index (χ3v) is 3.55. The number of methoxy groups -OCH3 is 3. The van der Waals surface area contributed by atoms with E-state index in [0.717, 1.165) is 11.1 Å². The monoisotopic (exact) mass is 329 g/mol. The van der Waals surface area contributed by atoms with Gasteiger partial charge >= 0.3 is 0 Å². The second-order valence-electron chi connectivity index (χ2n) is 4.97. The highest BCUT2D eigenvalue weighted by Gasteiger charge is 2.11. The number of ether oxygens (including phenoxy) is 3. The van der Waals surface area contributed by atoms with Crippen molar-refractivity contribution < 1.29 is 19.1 Å². The van der Waals surface area contributed by atoms with Crippen LogP contribution < -0.4 is 14.2 Å². The largest absolute Gasteiger partial charge is 0.496 e. The molecule has 0 aliphatic rings. The average Bonchev–Trinajstić information content (AvgIpc) is 2.61. The van der Waals surface area contributed by atoms with Crippen molar-refractivity contribution in [2.75, 3.05) is 21.3 Å². The fraction of sp³-hybridized carbons (Fsp3) is 0.222. The third kappa shape index (κ3) is 4.04. The minimum Gasteiger partial charge on any atom is -0.496 e. The minimum atomic E-state index is -0.416. The van der Waals surface area contributed by atoms with E-state index in [-0.39, 0.29) is 5.69 Å². The standard InChI is InChI=1S/C18H19NO5/c1-22-15-11-17(23-2)16(18(12-15)24-3)6-4-5-13-7-9-14(10-8-13)19(20)21/h4-5,7-12H,6H2,1-3H3/b5-4+. The van der Waals surface area contributed by atoms with Gasteiger partial charge in [-0.2, -0.15) is 0 Å². The van der Waals surface area contributed by atoms with Crippen molar-refractivity contribution in [3.63, 3.8) is 0 Å². The molecule has 0 aromatic heterocycles. The molecule has 2 aromatic rings. The van der Waals surface area contributed by atoms with Gasteiger partial charge in [0.1, 0.15) is 17.2 Å². The number of rotatable bonds is 7. The molecule has 0 amide bonds. The molecule has 2 rings (SSSR count). The molecule has 24 heavy (non-hydrogen) atoms. The highest BCUT2D eigenvalue weighted by Crippen LogP contribution is 2.34. The molecule has 126 valence electrons. The predicted molar refractivity (Wildman–Crippen MR) is 91.9 cm³/mol. The van der Waals surface area contributed by atoms with Crippen LogP contribution >= 0.6 is 0 Å². The molecule has 0 unspecified atom stereocenters. The summed E-state index contributed by atoms with van der Waals surface area (Å²) in [5.74, 6) is 2.02. The maximum atomic E-state index is 10.7. The predicted octanol–water partition coefficient (Wildman–Crippen LogP) is 3.88. The van der Waals surface area contributed by atoms with Crippen LogP contribution in [0.3, 0.4) is 0 Å². The molecule has 2 aromatic carbocycles. The molecule has 0 aliphatic heterocycles. The van der Waals surface area contributed by atoms with Crippen molar-refractivity contribution in [1.29, 1.82) is 0 Å². The van der Waals surface area contributed by atoms with Gasteiger partial charge in [0.2, 0.25) is 0 Å². The summed E-state index contributed by atoms with van der Waals surface area (Å²) in [6.45, 7) is 0. The SMILES string of the molecule is COc1cc(OC)c(C/C=C/c2ccc([N+](=O)[O-])cc2)c(OC)c1. The maximum absolute atomic E-state index is 10.7. The molecule has 6 heteroatoms. The zero-order valence-corrected chi connectivity index (χ0v) is 13.8. The van der Waals surface area contributed by atoms with Gasteiger partial charge in [0, 0.05) is 29.8 Å². The van der Waals surface area contributed by atoms with Crippen LogP contribution in [0.2, 0.25) is 0 Å². The molecule has 0 bridgehead atoms. The molecule has 0 fully saturated rings. The molecule has 0 N–H and O–H groups in total. The Hall–Kier alpha value is -3.02. The van der Waals surface area contributed by atoms with Crippen LogP contribution in [-0.4, -0.2) is 26.3 Å². The Labute approximate surface area is 140 Å². The summed E-state index contributed by atoms with van der Waals surface area (Å²) < 4.78 is 16.0. The van der Waals surface area contributed by atoms with E-state index in [0.29, 0.717) is 23.7 Å². The first kappa shape index (κ1) is 17.3. The summed E-state index contributed by atoms with van der Waals surface area (Å²) in [5.41, 5.74) is 1.86. The van der Waals surface area contributed by atoms with Crippen LogP contribution in [0.1, 0.15) is 11.1 Å². The van der Waals surface area contributed by atoms with Crippen LogP contribution in [0.25, 0.3) is 6.08 Å². The second-order valence-corrected chi connectivity index (χ2v) is 4.97. The molecule has 0 radical (unpaired) electrons. The molecule has 0 atom stereocenters. The molecule has 0 saturated carbocycles.